The van der Waals surface area contributed by atoms with Gasteiger partial charge in [-0.25, -0.2) is 0 Å². The summed E-state index contributed by atoms with van der Waals surface area (Å²) >= 11 is 0. The van der Waals surface area contributed by atoms with Crippen molar-refractivity contribution < 1.29 is 0 Å². The fraction of sp³-hybridized carbons (Fsp3) is 1.00. The monoisotopic (exact) mass is 214 g/mol. The van der Waals surface area contributed by atoms with Gasteiger partial charge in [-0.15, -0.1) is 0 Å². The van der Waals surface area contributed by atoms with E-state index >= 15 is 0 Å². The number of rotatable bonds is 10. The lowest BCUT2D eigenvalue weighted by molar-refractivity contribution is 0.281. The number of nitrogens with zero attached hydrogens (tertiary/aromatic N) is 1. The van der Waals surface area contributed by atoms with Crippen LogP contribution < -0.4 is 5.32 Å². The van der Waals surface area contributed by atoms with Crippen LogP contribution in [-0.2, 0) is 0 Å². The number of hydrogen-bond acceptors (Lipinski definition) is 2. The topological polar surface area (TPSA) is 15.3 Å². The molecule has 2 nitrogen and oxygen atoms in total. The molecule has 15 heavy (non-hydrogen) atoms. The summed E-state index contributed by atoms with van der Waals surface area (Å²) in [6, 6.07) is 0.636. The maximum Gasteiger partial charge on any atom is 0.00103 e. The van der Waals surface area contributed by atoms with Gasteiger partial charge < -0.3 is 10.2 Å². The van der Waals surface area contributed by atoms with Crippen molar-refractivity contribution in [2.24, 2.45) is 0 Å². The van der Waals surface area contributed by atoms with Crippen LogP contribution in [0, 0.1) is 0 Å². The van der Waals surface area contributed by atoms with E-state index in [1.165, 1.54) is 51.9 Å². The van der Waals surface area contributed by atoms with Crippen molar-refractivity contribution in [3.63, 3.8) is 0 Å². The van der Waals surface area contributed by atoms with E-state index < -0.39 is 0 Å². The first-order chi connectivity index (χ1) is 7.20. The standard InChI is InChI=1S/C13H30N2/c1-5-11-15(6-2)12-9-7-8-10-14-13(3)4/h13-14H,5-12H2,1-4H3. The zero-order valence-electron chi connectivity index (χ0n) is 11.2. The molecular weight excluding hydrogens is 184 g/mol. The molecular formula is C13H30N2. The van der Waals surface area contributed by atoms with Crippen molar-refractivity contribution >= 4 is 0 Å². The van der Waals surface area contributed by atoms with Gasteiger partial charge in [-0.2, -0.15) is 0 Å². The van der Waals surface area contributed by atoms with Crippen LogP contribution in [0.2, 0.25) is 0 Å². The summed E-state index contributed by atoms with van der Waals surface area (Å²) in [6.07, 6.45) is 5.32. The SMILES string of the molecule is CCCN(CC)CCCCCNC(C)C. The van der Waals surface area contributed by atoms with Crippen LogP contribution in [0.4, 0.5) is 0 Å². The zero-order valence-corrected chi connectivity index (χ0v) is 11.2. The van der Waals surface area contributed by atoms with Gasteiger partial charge in [0, 0.05) is 6.04 Å². The lowest BCUT2D eigenvalue weighted by Crippen LogP contribution is -2.26. The summed E-state index contributed by atoms with van der Waals surface area (Å²) in [7, 11) is 0. The van der Waals surface area contributed by atoms with E-state index in [1.807, 2.05) is 0 Å². The average Bonchev–Trinajstić information content (AvgIpc) is 2.21. The highest BCUT2D eigenvalue weighted by Gasteiger charge is 1.99. The Kier molecular flexibility index (Phi) is 10.4. The van der Waals surface area contributed by atoms with Gasteiger partial charge in [0.15, 0.2) is 0 Å². The molecule has 0 spiro atoms. The Hall–Kier alpha value is -0.0800. The van der Waals surface area contributed by atoms with E-state index in [-0.39, 0.29) is 0 Å². The van der Waals surface area contributed by atoms with Crippen LogP contribution in [0.5, 0.6) is 0 Å². The summed E-state index contributed by atoms with van der Waals surface area (Å²) in [5.41, 5.74) is 0. The molecule has 0 aromatic heterocycles. The Labute approximate surface area is 96.4 Å². The maximum absolute atomic E-state index is 3.46. The highest BCUT2D eigenvalue weighted by atomic mass is 15.1. The average molecular weight is 214 g/mol. The second-order valence-corrected chi connectivity index (χ2v) is 4.60. The molecule has 2 heteroatoms. The van der Waals surface area contributed by atoms with E-state index in [9.17, 15) is 0 Å². The van der Waals surface area contributed by atoms with Crippen molar-refractivity contribution in [1.82, 2.24) is 10.2 Å². The second kappa shape index (κ2) is 10.4. The Balaban J connectivity index is 3.21. The first kappa shape index (κ1) is 14.9. The smallest absolute Gasteiger partial charge is 0.00103 e. The molecule has 0 aromatic carbocycles. The van der Waals surface area contributed by atoms with E-state index in [0.29, 0.717) is 6.04 Å². The third kappa shape index (κ3) is 10.2. The number of hydrogen-bond donors (Lipinski definition) is 1. The summed E-state index contributed by atoms with van der Waals surface area (Å²) in [6.45, 7) is 13.9. The molecule has 0 amide bonds. The van der Waals surface area contributed by atoms with Gasteiger partial charge in [0.05, 0.1) is 0 Å². The summed E-state index contributed by atoms with van der Waals surface area (Å²) < 4.78 is 0. The molecule has 92 valence electrons. The highest BCUT2D eigenvalue weighted by molar-refractivity contribution is 4.57. The Morgan fingerprint density at radius 1 is 1.00 bits per heavy atom. The van der Waals surface area contributed by atoms with Crippen molar-refractivity contribution in [3.05, 3.63) is 0 Å². The Bertz CT molecular complexity index is 124. The lowest BCUT2D eigenvalue weighted by atomic mass is 10.2. The van der Waals surface area contributed by atoms with Gasteiger partial charge in [-0.1, -0.05) is 34.1 Å². The van der Waals surface area contributed by atoms with Gasteiger partial charge >= 0.3 is 0 Å². The molecule has 0 rings (SSSR count). The van der Waals surface area contributed by atoms with Crippen LogP contribution in [0.3, 0.4) is 0 Å². The second-order valence-electron chi connectivity index (χ2n) is 4.60. The minimum atomic E-state index is 0.636. The van der Waals surface area contributed by atoms with Crippen LogP contribution in [-0.4, -0.2) is 37.1 Å². The fourth-order valence-electron chi connectivity index (χ4n) is 1.77. The lowest BCUT2D eigenvalue weighted by Gasteiger charge is -2.19. The summed E-state index contributed by atoms with van der Waals surface area (Å²) in [5.74, 6) is 0. The van der Waals surface area contributed by atoms with Gasteiger partial charge in [0.25, 0.3) is 0 Å². The molecule has 0 fully saturated rings. The third-order valence-electron chi connectivity index (χ3n) is 2.69. The maximum atomic E-state index is 3.46. The zero-order chi connectivity index (χ0) is 11.5. The van der Waals surface area contributed by atoms with E-state index in [4.69, 9.17) is 0 Å². The third-order valence-corrected chi connectivity index (χ3v) is 2.69. The molecule has 0 radical (unpaired) electrons. The van der Waals surface area contributed by atoms with Crippen molar-refractivity contribution in [2.75, 3.05) is 26.2 Å². The van der Waals surface area contributed by atoms with Crippen molar-refractivity contribution in [3.8, 4) is 0 Å². The first-order valence-corrected chi connectivity index (χ1v) is 6.66. The first-order valence-electron chi connectivity index (χ1n) is 6.66. The van der Waals surface area contributed by atoms with Crippen LogP contribution in [0.25, 0.3) is 0 Å². The number of nitrogens with one attached hydrogen (secondary N) is 1. The predicted molar refractivity (Wildman–Crippen MR) is 69.4 cm³/mol. The normalized spacial score (nSPS) is 11.6. The molecule has 1 N–H and O–H groups in total. The van der Waals surface area contributed by atoms with Gasteiger partial charge in [-0.3, -0.25) is 0 Å². The van der Waals surface area contributed by atoms with Gasteiger partial charge in [-0.05, 0) is 45.4 Å². The quantitative estimate of drug-likeness (QED) is 0.563. The molecule has 0 aliphatic heterocycles. The molecule has 0 bridgehead atoms. The largest absolute Gasteiger partial charge is 0.315 e. The molecule has 0 heterocycles. The Morgan fingerprint density at radius 3 is 2.27 bits per heavy atom. The molecule has 0 aliphatic rings. The Morgan fingerprint density at radius 2 is 1.73 bits per heavy atom. The predicted octanol–water partition coefficient (Wildman–Crippen LogP) is 2.89. The molecule has 0 saturated carbocycles. The minimum Gasteiger partial charge on any atom is -0.315 e. The van der Waals surface area contributed by atoms with E-state index in [2.05, 4.69) is 37.9 Å². The van der Waals surface area contributed by atoms with Gasteiger partial charge in [0.2, 0.25) is 0 Å². The fourth-order valence-corrected chi connectivity index (χ4v) is 1.77. The van der Waals surface area contributed by atoms with Crippen LogP contribution in [0.1, 0.15) is 53.4 Å². The highest BCUT2D eigenvalue weighted by Crippen LogP contribution is 1.99. The van der Waals surface area contributed by atoms with Crippen LogP contribution in [0.15, 0.2) is 0 Å². The van der Waals surface area contributed by atoms with E-state index in [1.54, 1.807) is 0 Å². The van der Waals surface area contributed by atoms with Gasteiger partial charge in [0.1, 0.15) is 0 Å². The molecule has 0 aromatic rings. The molecule has 0 saturated heterocycles. The summed E-state index contributed by atoms with van der Waals surface area (Å²) in [4.78, 5) is 2.55. The number of unbranched alkanes of at least 4 members (excludes halogenated alkanes) is 2. The van der Waals surface area contributed by atoms with Crippen molar-refractivity contribution in [1.29, 1.82) is 0 Å². The molecule has 0 aliphatic carbocycles. The van der Waals surface area contributed by atoms with E-state index in [0.717, 1.165) is 0 Å². The summed E-state index contributed by atoms with van der Waals surface area (Å²) in [5, 5.41) is 3.46. The molecule has 0 unspecified atom stereocenters. The van der Waals surface area contributed by atoms with Crippen molar-refractivity contribution in [2.45, 2.75) is 59.4 Å². The van der Waals surface area contributed by atoms with Crippen LogP contribution >= 0.6 is 0 Å². The molecule has 0 atom stereocenters. The minimum absolute atomic E-state index is 0.636.